The molecular formula is C21H29N3O3. The molecule has 6 nitrogen and oxygen atoms in total. The maximum atomic E-state index is 12.9. The highest BCUT2D eigenvalue weighted by atomic mass is 16.5. The molecular weight excluding hydrogens is 342 g/mol. The van der Waals surface area contributed by atoms with Gasteiger partial charge in [0.1, 0.15) is 0 Å². The van der Waals surface area contributed by atoms with Crippen molar-refractivity contribution >= 4 is 11.8 Å². The first-order valence-corrected chi connectivity index (χ1v) is 10.2. The number of aromatic nitrogens is 1. The monoisotopic (exact) mass is 371 g/mol. The summed E-state index contributed by atoms with van der Waals surface area (Å²) in [5.41, 5.74) is 0.723. The van der Waals surface area contributed by atoms with Crippen LogP contribution in [0.25, 0.3) is 0 Å². The third-order valence-electron chi connectivity index (χ3n) is 6.51. The number of hydrogen-bond acceptors (Lipinski definition) is 4. The summed E-state index contributed by atoms with van der Waals surface area (Å²) in [6.45, 7) is 2.90. The molecule has 4 fully saturated rings. The van der Waals surface area contributed by atoms with E-state index in [1.807, 2.05) is 19.1 Å². The van der Waals surface area contributed by atoms with Gasteiger partial charge in [-0.15, -0.1) is 0 Å². The van der Waals surface area contributed by atoms with Gasteiger partial charge < -0.3 is 15.4 Å². The Hall–Kier alpha value is -2.11. The molecule has 0 unspecified atom stereocenters. The minimum atomic E-state index is -0.202. The average molecular weight is 371 g/mol. The molecule has 27 heavy (non-hydrogen) atoms. The summed E-state index contributed by atoms with van der Waals surface area (Å²) in [4.78, 5) is 29.2. The van der Waals surface area contributed by atoms with Crippen LogP contribution in [0, 0.1) is 23.2 Å². The zero-order chi connectivity index (χ0) is 18.9. The van der Waals surface area contributed by atoms with Crippen LogP contribution in [-0.2, 0) is 16.1 Å². The summed E-state index contributed by atoms with van der Waals surface area (Å²) in [6.07, 6.45) is 8.65. The molecule has 1 heterocycles. The zero-order valence-corrected chi connectivity index (χ0v) is 16.0. The van der Waals surface area contributed by atoms with Gasteiger partial charge in [-0.2, -0.15) is 0 Å². The molecule has 4 bridgehead atoms. The molecule has 2 N–H and O–H groups in total. The second-order valence-electron chi connectivity index (χ2n) is 8.59. The van der Waals surface area contributed by atoms with Crippen molar-refractivity contribution in [2.24, 2.45) is 23.2 Å². The Kier molecular flexibility index (Phi) is 5.06. The molecule has 4 aliphatic carbocycles. The average Bonchev–Trinajstić information content (AvgIpc) is 2.64. The molecule has 6 heteroatoms. The van der Waals surface area contributed by atoms with Crippen LogP contribution in [0.4, 0.5) is 0 Å². The summed E-state index contributed by atoms with van der Waals surface area (Å²) in [5.74, 6) is 2.66. The predicted molar refractivity (Wildman–Crippen MR) is 101 cm³/mol. The van der Waals surface area contributed by atoms with Gasteiger partial charge in [0.05, 0.1) is 13.2 Å². The van der Waals surface area contributed by atoms with Gasteiger partial charge in [0.2, 0.25) is 17.7 Å². The normalized spacial score (nSPS) is 30.8. The van der Waals surface area contributed by atoms with Crippen LogP contribution >= 0.6 is 0 Å². The van der Waals surface area contributed by atoms with Gasteiger partial charge in [-0.25, -0.2) is 4.98 Å². The van der Waals surface area contributed by atoms with E-state index in [0.29, 0.717) is 19.0 Å². The van der Waals surface area contributed by atoms with Gasteiger partial charge in [0, 0.05) is 24.2 Å². The third kappa shape index (κ3) is 3.94. The number of carbonyl (C=O) groups excluding carboxylic acids is 2. The van der Waals surface area contributed by atoms with E-state index in [1.165, 1.54) is 19.3 Å². The fourth-order valence-electron chi connectivity index (χ4n) is 5.79. The second kappa shape index (κ2) is 7.49. The third-order valence-corrected chi connectivity index (χ3v) is 6.51. The van der Waals surface area contributed by atoms with Crippen LogP contribution in [0.2, 0.25) is 0 Å². The number of hydrogen-bond donors (Lipinski definition) is 2. The highest BCUT2D eigenvalue weighted by molar-refractivity contribution is 5.88. The van der Waals surface area contributed by atoms with Crippen molar-refractivity contribution in [1.82, 2.24) is 15.6 Å². The van der Waals surface area contributed by atoms with Gasteiger partial charge in [-0.05, 0) is 74.8 Å². The van der Waals surface area contributed by atoms with Crippen molar-refractivity contribution in [2.45, 2.75) is 52.0 Å². The molecule has 2 amide bonds. The Labute approximate surface area is 160 Å². The first-order chi connectivity index (χ1) is 13.1. The Morgan fingerprint density at radius 2 is 1.81 bits per heavy atom. The molecule has 1 aromatic heterocycles. The highest BCUT2D eigenvalue weighted by Crippen LogP contribution is 2.60. The number of carbonyl (C=O) groups is 2. The lowest BCUT2D eigenvalue weighted by Gasteiger charge is -2.55. The zero-order valence-electron chi connectivity index (χ0n) is 16.0. The molecule has 0 aliphatic heterocycles. The van der Waals surface area contributed by atoms with Crippen molar-refractivity contribution in [2.75, 3.05) is 13.2 Å². The van der Waals surface area contributed by atoms with Gasteiger partial charge in [-0.1, -0.05) is 0 Å². The molecule has 0 spiro atoms. The number of rotatable bonds is 7. The van der Waals surface area contributed by atoms with Crippen molar-refractivity contribution in [1.29, 1.82) is 0 Å². The Morgan fingerprint density at radius 1 is 1.15 bits per heavy atom. The fourth-order valence-corrected chi connectivity index (χ4v) is 5.79. The molecule has 146 valence electrons. The predicted octanol–water partition coefficient (Wildman–Crippen LogP) is 2.43. The summed E-state index contributed by atoms with van der Waals surface area (Å²) in [7, 11) is 0. The highest BCUT2D eigenvalue weighted by Gasteiger charge is 2.54. The number of nitrogens with one attached hydrogen (secondary N) is 2. The lowest BCUT2D eigenvalue weighted by atomic mass is 9.49. The number of amides is 2. The minimum absolute atomic E-state index is 0.0456. The van der Waals surface area contributed by atoms with E-state index in [0.717, 1.165) is 42.6 Å². The van der Waals surface area contributed by atoms with Gasteiger partial charge in [0.25, 0.3) is 0 Å². The summed E-state index contributed by atoms with van der Waals surface area (Å²) in [5, 5.41) is 5.78. The molecule has 0 saturated heterocycles. The van der Waals surface area contributed by atoms with Crippen LogP contribution in [0.15, 0.2) is 18.3 Å². The van der Waals surface area contributed by atoms with E-state index in [2.05, 4.69) is 15.6 Å². The lowest BCUT2D eigenvalue weighted by Crippen LogP contribution is -2.54. The van der Waals surface area contributed by atoms with Crippen LogP contribution in [0.5, 0.6) is 5.88 Å². The van der Waals surface area contributed by atoms with Crippen LogP contribution < -0.4 is 15.4 Å². The summed E-state index contributed by atoms with van der Waals surface area (Å²) >= 11 is 0. The molecule has 4 saturated carbocycles. The summed E-state index contributed by atoms with van der Waals surface area (Å²) in [6, 6.07) is 3.66. The topological polar surface area (TPSA) is 80.3 Å². The summed E-state index contributed by atoms with van der Waals surface area (Å²) < 4.78 is 5.37. The fraction of sp³-hybridized carbons (Fsp3) is 0.667. The van der Waals surface area contributed by atoms with Crippen molar-refractivity contribution in [3.63, 3.8) is 0 Å². The maximum Gasteiger partial charge on any atom is 0.239 e. The van der Waals surface area contributed by atoms with Gasteiger partial charge >= 0.3 is 0 Å². The van der Waals surface area contributed by atoms with E-state index >= 15 is 0 Å². The van der Waals surface area contributed by atoms with Crippen molar-refractivity contribution < 1.29 is 14.3 Å². The number of nitrogens with zero attached hydrogens (tertiary/aromatic N) is 1. The minimum Gasteiger partial charge on any atom is -0.478 e. The quantitative estimate of drug-likeness (QED) is 0.771. The van der Waals surface area contributed by atoms with Crippen LogP contribution in [0.1, 0.15) is 51.0 Å². The van der Waals surface area contributed by atoms with Crippen LogP contribution in [0.3, 0.4) is 0 Å². The maximum absolute atomic E-state index is 12.9. The number of pyridine rings is 1. The van der Waals surface area contributed by atoms with Crippen molar-refractivity contribution in [3.8, 4) is 5.88 Å². The van der Waals surface area contributed by atoms with E-state index in [4.69, 9.17) is 4.74 Å². The van der Waals surface area contributed by atoms with E-state index < -0.39 is 0 Å². The molecule has 4 aliphatic rings. The van der Waals surface area contributed by atoms with E-state index in [-0.39, 0.29) is 23.8 Å². The lowest BCUT2D eigenvalue weighted by molar-refractivity contribution is -0.147. The number of ether oxygens (including phenoxy) is 1. The first kappa shape index (κ1) is 18.3. The Morgan fingerprint density at radius 3 is 2.44 bits per heavy atom. The standard InChI is InChI=1S/C21H29N3O3/c1-2-27-19-8-14(3-4-22-19)12-23-18(25)13-24-20(26)21-9-15-5-16(10-21)7-17(6-15)11-21/h3-4,8,15-17H,2,5-7,9-13H2,1H3,(H,23,25)(H,24,26). The molecule has 0 aromatic carbocycles. The first-order valence-electron chi connectivity index (χ1n) is 10.2. The second-order valence-corrected chi connectivity index (χ2v) is 8.59. The smallest absolute Gasteiger partial charge is 0.239 e. The molecule has 0 radical (unpaired) electrons. The van der Waals surface area contributed by atoms with Crippen LogP contribution in [-0.4, -0.2) is 29.9 Å². The van der Waals surface area contributed by atoms with E-state index in [9.17, 15) is 9.59 Å². The molecule has 1 aromatic rings. The molecule has 5 rings (SSSR count). The van der Waals surface area contributed by atoms with Gasteiger partial charge in [0.15, 0.2) is 0 Å². The molecule has 0 atom stereocenters. The Balaban J connectivity index is 1.26. The SMILES string of the molecule is CCOc1cc(CNC(=O)CNC(=O)C23CC4CC(CC(C4)C2)C3)ccn1. The van der Waals surface area contributed by atoms with Crippen molar-refractivity contribution in [3.05, 3.63) is 23.9 Å². The van der Waals surface area contributed by atoms with Gasteiger partial charge in [-0.3, -0.25) is 9.59 Å². The Bertz CT molecular complexity index is 683. The largest absolute Gasteiger partial charge is 0.478 e. The van der Waals surface area contributed by atoms with E-state index in [1.54, 1.807) is 6.20 Å².